The summed E-state index contributed by atoms with van der Waals surface area (Å²) in [5.41, 5.74) is -0.640. The summed E-state index contributed by atoms with van der Waals surface area (Å²) in [6, 6.07) is 1.08. The van der Waals surface area contributed by atoms with Crippen LogP contribution in [0.3, 0.4) is 0 Å². The van der Waals surface area contributed by atoms with Crippen LogP contribution in [0.5, 0.6) is 0 Å². The van der Waals surface area contributed by atoms with E-state index in [1.54, 1.807) is 4.90 Å². The normalized spacial score (nSPS) is 16.4. The largest absolute Gasteiger partial charge is 0.481 e. The number of alkyl halides is 3. The molecule has 0 spiro atoms. The Hall–Kier alpha value is -2.32. The number of nitrogens with zero attached hydrogens (tertiary/aromatic N) is 4. The van der Waals surface area contributed by atoms with Gasteiger partial charge in [0.15, 0.2) is 5.65 Å². The van der Waals surface area contributed by atoms with Crippen molar-refractivity contribution in [2.24, 2.45) is 11.8 Å². The van der Waals surface area contributed by atoms with Crippen LogP contribution >= 0.6 is 0 Å². The van der Waals surface area contributed by atoms with E-state index in [-0.39, 0.29) is 35.1 Å². The van der Waals surface area contributed by atoms with E-state index in [0.717, 1.165) is 6.07 Å². The minimum absolute atomic E-state index is 0.00710. The summed E-state index contributed by atoms with van der Waals surface area (Å²) >= 11 is 0. The third-order valence-electron chi connectivity index (χ3n) is 4.79. The number of carboxylic acids is 1. The van der Waals surface area contributed by atoms with Gasteiger partial charge in [0.2, 0.25) is 0 Å². The fourth-order valence-electron chi connectivity index (χ4n) is 3.51. The van der Waals surface area contributed by atoms with Crippen molar-refractivity contribution < 1.29 is 23.1 Å². The summed E-state index contributed by atoms with van der Waals surface area (Å²) in [7, 11) is 0. The number of hydrogen-bond acceptors (Lipinski definition) is 4. The molecule has 3 heterocycles. The Labute approximate surface area is 155 Å². The lowest BCUT2D eigenvalue weighted by molar-refractivity contribution is -0.138. The molecule has 1 aliphatic heterocycles. The fourth-order valence-corrected chi connectivity index (χ4v) is 3.51. The number of aromatic nitrogens is 3. The second-order valence-corrected chi connectivity index (χ2v) is 7.54. The van der Waals surface area contributed by atoms with Crippen molar-refractivity contribution in [3.05, 3.63) is 17.8 Å². The maximum absolute atomic E-state index is 13.6. The molecular formula is C18H23F3N4O2. The lowest BCUT2D eigenvalue weighted by atomic mass is 9.93. The molecule has 0 amide bonds. The van der Waals surface area contributed by atoms with E-state index in [1.165, 1.54) is 10.9 Å². The Balaban J connectivity index is 1.91. The highest BCUT2D eigenvalue weighted by Gasteiger charge is 2.35. The van der Waals surface area contributed by atoms with Crippen molar-refractivity contribution >= 4 is 22.8 Å². The Kier molecular flexibility index (Phi) is 5.30. The molecule has 1 fully saturated rings. The van der Waals surface area contributed by atoms with Gasteiger partial charge in [-0.25, -0.2) is 4.98 Å². The first kappa shape index (κ1) is 19.4. The van der Waals surface area contributed by atoms with E-state index in [1.807, 2.05) is 13.8 Å². The molecule has 0 atom stereocenters. The van der Waals surface area contributed by atoms with E-state index in [9.17, 15) is 18.0 Å². The third kappa shape index (κ3) is 4.51. The zero-order valence-electron chi connectivity index (χ0n) is 15.3. The van der Waals surface area contributed by atoms with Crippen LogP contribution in [0.4, 0.5) is 19.0 Å². The number of carbonyl (C=O) groups is 1. The van der Waals surface area contributed by atoms with Crippen LogP contribution in [0.1, 0.15) is 38.7 Å². The molecule has 2 aromatic heterocycles. The SMILES string of the molecule is CC(C)Cn1cc2c(C(F)(F)F)cc(N3CCC(CC(=O)O)CC3)nc2n1. The molecule has 0 bridgehead atoms. The Morgan fingerprint density at radius 1 is 1.33 bits per heavy atom. The second kappa shape index (κ2) is 7.36. The maximum atomic E-state index is 13.6. The van der Waals surface area contributed by atoms with Gasteiger partial charge in [0.25, 0.3) is 0 Å². The number of fused-ring (bicyclic) bond motifs is 1. The number of carboxylic acid groups (broad SMARTS) is 1. The fraction of sp³-hybridized carbons (Fsp3) is 0.611. The molecule has 1 aliphatic rings. The first-order valence-electron chi connectivity index (χ1n) is 9.05. The standard InChI is InChI=1S/C18H23F3N4O2/c1-11(2)9-25-10-13-14(18(19,20)21)8-15(22-17(13)23-25)24-5-3-12(4-6-24)7-16(26)27/h8,10-12H,3-7,9H2,1-2H3,(H,26,27). The zero-order valence-corrected chi connectivity index (χ0v) is 15.3. The van der Waals surface area contributed by atoms with Crippen LogP contribution in [0.15, 0.2) is 12.3 Å². The van der Waals surface area contributed by atoms with E-state index in [0.29, 0.717) is 32.5 Å². The monoisotopic (exact) mass is 384 g/mol. The molecule has 0 saturated carbocycles. The Bertz CT molecular complexity index is 824. The Morgan fingerprint density at radius 2 is 2.00 bits per heavy atom. The molecular weight excluding hydrogens is 361 g/mol. The van der Waals surface area contributed by atoms with Gasteiger partial charge in [-0.15, -0.1) is 0 Å². The highest BCUT2D eigenvalue weighted by Crippen LogP contribution is 2.37. The molecule has 0 radical (unpaired) electrons. The van der Waals surface area contributed by atoms with Gasteiger partial charge in [-0.2, -0.15) is 18.3 Å². The molecule has 0 unspecified atom stereocenters. The molecule has 148 valence electrons. The number of halogens is 3. The van der Waals surface area contributed by atoms with E-state index >= 15 is 0 Å². The molecule has 6 nitrogen and oxygen atoms in total. The van der Waals surface area contributed by atoms with Crippen molar-refractivity contribution in [1.29, 1.82) is 0 Å². The van der Waals surface area contributed by atoms with Crippen LogP contribution in [-0.4, -0.2) is 38.9 Å². The molecule has 2 aromatic rings. The van der Waals surface area contributed by atoms with Gasteiger partial charge in [0.05, 0.1) is 10.9 Å². The van der Waals surface area contributed by atoms with Gasteiger partial charge < -0.3 is 10.0 Å². The number of rotatable bonds is 5. The number of aliphatic carboxylic acids is 1. The number of anilines is 1. The summed E-state index contributed by atoms with van der Waals surface area (Å²) in [5, 5.41) is 13.1. The Morgan fingerprint density at radius 3 is 2.56 bits per heavy atom. The average Bonchev–Trinajstić information content (AvgIpc) is 2.94. The quantitative estimate of drug-likeness (QED) is 0.849. The van der Waals surface area contributed by atoms with Crippen LogP contribution in [0.25, 0.3) is 11.0 Å². The number of pyridine rings is 1. The van der Waals surface area contributed by atoms with Crippen molar-refractivity contribution in [3.8, 4) is 0 Å². The predicted octanol–water partition coefficient (Wildman–Crippen LogP) is 3.80. The second-order valence-electron chi connectivity index (χ2n) is 7.54. The summed E-state index contributed by atoms with van der Waals surface area (Å²) < 4.78 is 42.3. The van der Waals surface area contributed by atoms with Crippen molar-refractivity contribution in [1.82, 2.24) is 14.8 Å². The molecule has 0 aromatic carbocycles. The van der Waals surface area contributed by atoms with Gasteiger partial charge in [-0.05, 0) is 30.7 Å². The number of piperidine rings is 1. The van der Waals surface area contributed by atoms with Crippen LogP contribution in [-0.2, 0) is 17.5 Å². The summed E-state index contributed by atoms with van der Waals surface area (Å²) in [5.74, 6) is -0.294. The van der Waals surface area contributed by atoms with Crippen molar-refractivity contribution in [3.63, 3.8) is 0 Å². The first-order valence-corrected chi connectivity index (χ1v) is 9.05. The van der Waals surface area contributed by atoms with Crippen LogP contribution < -0.4 is 4.90 Å². The molecule has 1 N–H and O–H groups in total. The first-order chi connectivity index (χ1) is 12.6. The van der Waals surface area contributed by atoms with Gasteiger partial charge in [-0.3, -0.25) is 9.48 Å². The molecule has 3 rings (SSSR count). The molecule has 0 aliphatic carbocycles. The van der Waals surface area contributed by atoms with E-state index < -0.39 is 17.7 Å². The highest BCUT2D eigenvalue weighted by molar-refractivity contribution is 5.81. The van der Waals surface area contributed by atoms with Gasteiger partial charge in [0.1, 0.15) is 5.82 Å². The highest BCUT2D eigenvalue weighted by atomic mass is 19.4. The summed E-state index contributed by atoms with van der Waals surface area (Å²) in [6.45, 7) is 5.43. The minimum Gasteiger partial charge on any atom is -0.481 e. The average molecular weight is 384 g/mol. The lowest BCUT2D eigenvalue weighted by Gasteiger charge is -2.32. The predicted molar refractivity (Wildman–Crippen MR) is 94.6 cm³/mol. The summed E-state index contributed by atoms with van der Waals surface area (Å²) in [6.07, 6.45) is -1.75. The van der Waals surface area contributed by atoms with Crippen molar-refractivity contribution in [2.75, 3.05) is 18.0 Å². The maximum Gasteiger partial charge on any atom is 0.417 e. The molecule has 27 heavy (non-hydrogen) atoms. The number of hydrogen-bond donors (Lipinski definition) is 1. The molecule has 9 heteroatoms. The molecule has 1 saturated heterocycles. The summed E-state index contributed by atoms with van der Waals surface area (Å²) in [4.78, 5) is 17.0. The lowest BCUT2D eigenvalue weighted by Crippen LogP contribution is -2.35. The smallest absolute Gasteiger partial charge is 0.417 e. The van der Waals surface area contributed by atoms with Crippen LogP contribution in [0.2, 0.25) is 0 Å². The zero-order chi connectivity index (χ0) is 19.8. The van der Waals surface area contributed by atoms with Gasteiger partial charge >= 0.3 is 12.1 Å². The topological polar surface area (TPSA) is 71.2 Å². The minimum atomic E-state index is -4.50. The van der Waals surface area contributed by atoms with Crippen LogP contribution in [0, 0.1) is 11.8 Å². The van der Waals surface area contributed by atoms with Gasteiger partial charge in [0, 0.05) is 32.3 Å². The third-order valence-corrected chi connectivity index (χ3v) is 4.79. The van der Waals surface area contributed by atoms with Crippen molar-refractivity contribution in [2.45, 2.75) is 45.8 Å². The van der Waals surface area contributed by atoms with E-state index in [4.69, 9.17) is 5.11 Å². The van der Waals surface area contributed by atoms with Gasteiger partial charge in [-0.1, -0.05) is 13.8 Å². The van der Waals surface area contributed by atoms with E-state index in [2.05, 4.69) is 10.1 Å².